The molecule has 0 aliphatic carbocycles. The third-order valence-electron chi connectivity index (χ3n) is 2.97. The second-order valence-electron chi connectivity index (χ2n) is 4.35. The summed E-state index contributed by atoms with van der Waals surface area (Å²) in [6.45, 7) is 0.367. The number of hydrogen-bond acceptors (Lipinski definition) is 3. The average Bonchev–Trinajstić information content (AvgIpc) is 2.53. The number of carbonyl (C=O) groups excluding carboxylic acids is 1. The first-order chi connectivity index (χ1) is 10.2. The van der Waals surface area contributed by atoms with E-state index in [9.17, 15) is 4.79 Å². The molecule has 2 N–H and O–H groups in total. The van der Waals surface area contributed by atoms with Gasteiger partial charge in [0.15, 0.2) is 0 Å². The van der Waals surface area contributed by atoms with Crippen LogP contribution < -0.4 is 20.1 Å². The van der Waals surface area contributed by atoms with E-state index in [0.29, 0.717) is 18.0 Å². The Balaban J connectivity index is 1.95. The van der Waals surface area contributed by atoms with Crippen LogP contribution in [0.5, 0.6) is 11.5 Å². The lowest BCUT2D eigenvalue weighted by Gasteiger charge is -2.12. The Bertz CT molecular complexity index is 600. The van der Waals surface area contributed by atoms with Crippen LogP contribution in [0.4, 0.5) is 10.5 Å². The molecule has 2 aromatic rings. The van der Waals surface area contributed by atoms with Crippen LogP contribution in [0.1, 0.15) is 5.56 Å². The first-order valence-electron chi connectivity index (χ1n) is 6.53. The summed E-state index contributed by atoms with van der Waals surface area (Å²) in [6.07, 6.45) is 0. The normalized spacial score (nSPS) is 9.81. The Morgan fingerprint density at radius 2 is 1.81 bits per heavy atom. The van der Waals surface area contributed by atoms with E-state index < -0.39 is 0 Å². The predicted molar refractivity (Wildman–Crippen MR) is 81.8 cm³/mol. The molecule has 0 heterocycles. The number of anilines is 1. The second-order valence-corrected chi connectivity index (χ2v) is 4.35. The summed E-state index contributed by atoms with van der Waals surface area (Å²) in [4.78, 5) is 11.8. The minimum Gasteiger partial charge on any atom is -0.497 e. The van der Waals surface area contributed by atoms with Gasteiger partial charge in [0.2, 0.25) is 0 Å². The zero-order valence-corrected chi connectivity index (χ0v) is 12.1. The van der Waals surface area contributed by atoms with Crippen LogP contribution in [0.25, 0.3) is 0 Å². The molecule has 0 spiro atoms. The summed E-state index contributed by atoms with van der Waals surface area (Å²) in [5.74, 6) is 1.39. The van der Waals surface area contributed by atoms with Crippen molar-refractivity contribution in [3.63, 3.8) is 0 Å². The number of carbonyl (C=O) groups is 1. The van der Waals surface area contributed by atoms with Gasteiger partial charge in [-0.05, 0) is 24.3 Å². The molecule has 0 aliphatic heterocycles. The van der Waals surface area contributed by atoms with Gasteiger partial charge in [0, 0.05) is 23.9 Å². The lowest BCUT2D eigenvalue weighted by molar-refractivity contribution is 0.251. The number of urea groups is 1. The van der Waals surface area contributed by atoms with Gasteiger partial charge in [-0.15, -0.1) is 0 Å². The Morgan fingerprint density at radius 1 is 1.05 bits per heavy atom. The van der Waals surface area contributed by atoms with Crippen molar-refractivity contribution in [3.8, 4) is 11.5 Å². The number of ether oxygens (including phenoxy) is 2. The lowest BCUT2D eigenvalue weighted by atomic mass is 10.2. The van der Waals surface area contributed by atoms with Gasteiger partial charge < -0.3 is 20.1 Å². The van der Waals surface area contributed by atoms with Crippen molar-refractivity contribution in [2.75, 3.05) is 19.5 Å². The SMILES string of the molecule is COc1ccc(CNC(=O)Nc2ccccc2)c(OC)c1. The molecular weight excluding hydrogens is 268 g/mol. The van der Waals surface area contributed by atoms with Crippen molar-refractivity contribution in [2.45, 2.75) is 6.54 Å². The Labute approximate surface area is 123 Å². The first-order valence-corrected chi connectivity index (χ1v) is 6.53. The van der Waals surface area contributed by atoms with Gasteiger partial charge in [0.05, 0.1) is 14.2 Å². The van der Waals surface area contributed by atoms with E-state index in [4.69, 9.17) is 9.47 Å². The zero-order chi connectivity index (χ0) is 15.1. The molecule has 0 saturated heterocycles. The minimum atomic E-state index is -0.265. The number of benzene rings is 2. The van der Waals surface area contributed by atoms with Crippen molar-refractivity contribution < 1.29 is 14.3 Å². The molecule has 0 radical (unpaired) electrons. The first kappa shape index (κ1) is 14.7. The van der Waals surface area contributed by atoms with E-state index in [1.165, 1.54) is 0 Å². The monoisotopic (exact) mass is 286 g/mol. The molecule has 2 rings (SSSR count). The standard InChI is InChI=1S/C16H18N2O3/c1-20-14-9-8-12(15(10-14)21-2)11-17-16(19)18-13-6-4-3-5-7-13/h3-10H,11H2,1-2H3,(H2,17,18,19). The van der Waals surface area contributed by atoms with Crippen LogP contribution in [-0.4, -0.2) is 20.3 Å². The van der Waals surface area contributed by atoms with Crippen LogP contribution in [-0.2, 0) is 6.54 Å². The molecule has 0 atom stereocenters. The molecule has 0 fully saturated rings. The van der Waals surface area contributed by atoms with Gasteiger partial charge in [-0.25, -0.2) is 4.79 Å². The van der Waals surface area contributed by atoms with Crippen molar-refractivity contribution in [1.82, 2.24) is 5.32 Å². The third kappa shape index (κ3) is 4.14. The second kappa shape index (κ2) is 7.19. The maximum Gasteiger partial charge on any atom is 0.319 e. The number of para-hydroxylation sites is 1. The van der Waals surface area contributed by atoms with Crippen LogP contribution in [0.3, 0.4) is 0 Å². The topological polar surface area (TPSA) is 59.6 Å². The molecule has 0 saturated carbocycles. The number of hydrogen-bond donors (Lipinski definition) is 2. The highest BCUT2D eigenvalue weighted by Crippen LogP contribution is 2.24. The zero-order valence-electron chi connectivity index (χ0n) is 12.1. The summed E-state index contributed by atoms with van der Waals surface area (Å²) in [6, 6.07) is 14.5. The molecule has 0 aromatic heterocycles. The van der Waals surface area contributed by atoms with Gasteiger partial charge in [-0.3, -0.25) is 0 Å². The lowest BCUT2D eigenvalue weighted by Crippen LogP contribution is -2.28. The maximum absolute atomic E-state index is 11.8. The Hall–Kier alpha value is -2.69. The summed E-state index contributed by atoms with van der Waals surface area (Å²) in [5, 5.41) is 5.55. The molecule has 21 heavy (non-hydrogen) atoms. The van der Waals surface area contributed by atoms with E-state index >= 15 is 0 Å². The summed E-state index contributed by atoms with van der Waals surface area (Å²) < 4.78 is 10.4. The molecular formula is C16H18N2O3. The van der Waals surface area contributed by atoms with E-state index in [-0.39, 0.29) is 6.03 Å². The molecule has 2 amide bonds. The maximum atomic E-state index is 11.8. The van der Waals surface area contributed by atoms with E-state index in [1.54, 1.807) is 20.3 Å². The fourth-order valence-corrected chi connectivity index (χ4v) is 1.87. The van der Waals surface area contributed by atoms with Gasteiger partial charge >= 0.3 is 6.03 Å². The number of methoxy groups -OCH3 is 2. The van der Waals surface area contributed by atoms with E-state index in [0.717, 1.165) is 11.3 Å². The average molecular weight is 286 g/mol. The summed E-state index contributed by atoms with van der Waals surface area (Å²) in [5.41, 5.74) is 1.62. The molecule has 5 heteroatoms. The van der Waals surface area contributed by atoms with Gasteiger partial charge in [-0.1, -0.05) is 18.2 Å². The molecule has 5 nitrogen and oxygen atoms in total. The largest absolute Gasteiger partial charge is 0.497 e. The van der Waals surface area contributed by atoms with Crippen molar-refractivity contribution in [1.29, 1.82) is 0 Å². The molecule has 110 valence electrons. The minimum absolute atomic E-state index is 0.265. The Kier molecular flexibility index (Phi) is 5.04. The quantitative estimate of drug-likeness (QED) is 0.888. The number of nitrogens with one attached hydrogen (secondary N) is 2. The fraction of sp³-hybridized carbons (Fsp3) is 0.188. The summed E-state index contributed by atoms with van der Waals surface area (Å²) >= 11 is 0. The molecule has 0 bridgehead atoms. The van der Waals surface area contributed by atoms with Crippen LogP contribution >= 0.6 is 0 Å². The van der Waals surface area contributed by atoms with Crippen molar-refractivity contribution in [2.24, 2.45) is 0 Å². The van der Waals surface area contributed by atoms with E-state index in [2.05, 4.69) is 10.6 Å². The predicted octanol–water partition coefficient (Wildman–Crippen LogP) is 3.03. The van der Waals surface area contributed by atoms with Gasteiger partial charge in [0.1, 0.15) is 11.5 Å². The highest BCUT2D eigenvalue weighted by atomic mass is 16.5. The molecule has 2 aromatic carbocycles. The highest BCUT2D eigenvalue weighted by molar-refractivity contribution is 5.89. The molecule has 0 unspecified atom stereocenters. The van der Waals surface area contributed by atoms with Crippen LogP contribution in [0, 0.1) is 0 Å². The molecule has 0 aliphatic rings. The number of rotatable bonds is 5. The Morgan fingerprint density at radius 3 is 2.48 bits per heavy atom. The van der Waals surface area contributed by atoms with Gasteiger partial charge in [-0.2, -0.15) is 0 Å². The third-order valence-corrected chi connectivity index (χ3v) is 2.97. The van der Waals surface area contributed by atoms with Gasteiger partial charge in [0.25, 0.3) is 0 Å². The number of amides is 2. The van der Waals surface area contributed by atoms with Crippen molar-refractivity contribution >= 4 is 11.7 Å². The van der Waals surface area contributed by atoms with Crippen molar-refractivity contribution in [3.05, 3.63) is 54.1 Å². The fourth-order valence-electron chi connectivity index (χ4n) is 1.87. The summed E-state index contributed by atoms with van der Waals surface area (Å²) in [7, 11) is 3.18. The smallest absolute Gasteiger partial charge is 0.319 e. The highest BCUT2D eigenvalue weighted by Gasteiger charge is 2.07. The van der Waals surface area contributed by atoms with E-state index in [1.807, 2.05) is 42.5 Å². The van der Waals surface area contributed by atoms with Crippen LogP contribution in [0.2, 0.25) is 0 Å². The van der Waals surface area contributed by atoms with Crippen LogP contribution in [0.15, 0.2) is 48.5 Å².